The molecule has 1 heterocycles. The van der Waals surface area contributed by atoms with Gasteiger partial charge in [-0.05, 0) is 63.7 Å². The van der Waals surface area contributed by atoms with Crippen molar-refractivity contribution in [3.05, 3.63) is 0 Å². The Bertz CT molecular complexity index is 1440. The zero-order valence-corrected chi connectivity index (χ0v) is 31.8. The molecule has 1 saturated heterocycles. The molecule has 12 atom stereocenters. The van der Waals surface area contributed by atoms with Gasteiger partial charge in [0, 0.05) is 18.0 Å². The molecule has 5 saturated carbocycles. The minimum atomic E-state index is -4.52. The second kappa shape index (κ2) is 18.2. The van der Waals surface area contributed by atoms with Crippen molar-refractivity contribution in [1.82, 2.24) is 26.6 Å². The molecule has 0 aromatic rings. The number of nitrogens with zero attached hydrogens (tertiary/aromatic N) is 2. The molecule has 12 unspecified atom stereocenters. The Morgan fingerprint density at radius 1 is 0.736 bits per heavy atom. The summed E-state index contributed by atoms with van der Waals surface area (Å²) < 4.78 is 68.1. The summed E-state index contributed by atoms with van der Waals surface area (Å²) in [5.41, 5.74) is 0. The van der Waals surface area contributed by atoms with E-state index in [2.05, 4.69) is 45.4 Å². The predicted molar refractivity (Wildman–Crippen MR) is 190 cm³/mol. The number of azo groups is 1. The number of carboxylic acids is 1. The van der Waals surface area contributed by atoms with Gasteiger partial charge in [0.05, 0.1) is 29.4 Å². The van der Waals surface area contributed by atoms with Crippen LogP contribution in [0.5, 0.6) is 0 Å². The van der Waals surface area contributed by atoms with Crippen molar-refractivity contribution in [3.8, 4) is 0 Å². The smallest absolute Gasteiger partial charge is 0.308 e. The van der Waals surface area contributed by atoms with E-state index in [1.807, 2.05) is 0 Å². The highest BCUT2D eigenvalue weighted by atomic mass is 32.2. The summed E-state index contributed by atoms with van der Waals surface area (Å²) in [6.07, 6.45) is 9.95. The number of aliphatic hydroxyl groups is 1. The van der Waals surface area contributed by atoms with Gasteiger partial charge in [-0.3, -0.25) is 31.4 Å². The minimum Gasteiger partial charge on any atom is -0.481 e. The van der Waals surface area contributed by atoms with Crippen LogP contribution in [0, 0.1) is 17.8 Å². The van der Waals surface area contributed by atoms with Crippen molar-refractivity contribution >= 4 is 26.2 Å². The van der Waals surface area contributed by atoms with Crippen LogP contribution < -0.4 is 38.4 Å². The minimum absolute atomic E-state index is 0.0156. The SMILES string of the molecule is NOS(=O)(=O)C1CC2CC(S(=O)(=O)ON)C(N=NC3CCCCC3C(=O)O)C(O)C2C(NC2NC(NC3CCCCC3)NC(OC3CCCCC3)N2)C1. The van der Waals surface area contributed by atoms with Crippen molar-refractivity contribution in [2.45, 2.75) is 175 Å². The Kier molecular flexibility index (Phi) is 14.1. The molecule has 0 bridgehead atoms. The van der Waals surface area contributed by atoms with Gasteiger partial charge in [-0.15, -0.1) is 0 Å². The first-order valence-electron chi connectivity index (χ1n) is 19.4. The topological polar surface area (TPSA) is 290 Å². The lowest BCUT2D eigenvalue weighted by Gasteiger charge is -2.51. The summed E-state index contributed by atoms with van der Waals surface area (Å²) in [5.74, 6) is 7.29. The molecular weight excluding hydrogens is 735 g/mol. The molecule has 0 amide bonds. The number of hydrogen-bond acceptors (Lipinski definition) is 18. The highest BCUT2D eigenvalue weighted by Gasteiger charge is 2.56. The Labute approximate surface area is 312 Å². The first kappa shape index (κ1) is 41.2. The molecule has 0 radical (unpaired) electrons. The van der Waals surface area contributed by atoms with Gasteiger partial charge in [-0.25, -0.2) is 0 Å². The Morgan fingerprint density at radius 3 is 2.02 bits per heavy atom. The van der Waals surface area contributed by atoms with Crippen molar-refractivity contribution in [3.63, 3.8) is 0 Å². The Morgan fingerprint density at radius 2 is 1.36 bits per heavy atom. The number of rotatable bonds is 13. The molecule has 0 aromatic carbocycles. The number of fused-ring (bicyclic) bond motifs is 1. The molecule has 21 heteroatoms. The third-order valence-electron chi connectivity index (χ3n) is 12.4. The van der Waals surface area contributed by atoms with E-state index in [-0.39, 0.29) is 37.7 Å². The zero-order chi connectivity index (χ0) is 37.8. The van der Waals surface area contributed by atoms with E-state index in [9.17, 15) is 31.8 Å². The second-order valence-corrected chi connectivity index (χ2v) is 19.4. The number of ether oxygens (including phenoxy) is 1. The molecule has 6 aliphatic rings. The van der Waals surface area contributed by atoms with Gasteiger partial charge in [0.2, 0.25) is 0 Å². The second-order valence-electron chi connectivity index (χ2n) is 15.8. The Balaban J connectivity index is 1.28. The van der Waals surface area contributed by atoms with Crippen LogP contribution in [0.4, 0.5) is 0 Å². The monoisotopic (exact) mass is 793 g/mol. The molecule has 53 heavy (non-hydrogen) atoms. The fraction of sp³-hybridized carbons (Fsp3) is 0.969. The van der Waals surface area contributed by atoms with Gasteiger partial charge < -0.3 is 14.9 Å². The van der Waals surface area contributed by atoms with Gasteiger partial charge in [0.15, 0.2) is 6.35 Å². The number of nitrogens with one attached hydrogen (secondary N) is 5. The summed E-state index contributed by atoms with van der Waals surface area (Å²) in [6, 6.07) is -2.49. The predicted octanol–water partition coefficient (Wildman–Crippen LogP) is 0.282. The Hall–Kier alpha value is -1.47. The fourth-order valence-corrected chi connectivity index (χ4v) is 12.0. The molecule has 1 aliphatic heterocycles. The number of hydrogen-bond donors (Lipinski definition) is 9. The molecule has 11 N–H and O–H groups in total. The molecule has 0 aromatic heterocycles. The van der Waals surface area contributed by atoms with Crippen LogP contribution in [0.25, 0.3) is 0 Å². The molecule has 5 aliphatic carbocycles. The van der Waals surface area contributed by atoms with E-state index in [1.165, 1.54) is 12.8 Å². The molecular formula is C32H59N9O10S2. The maximum absolute atomic E-state index is 13.3. The molecule has 19 nitrogen and oxygen atoms in total. The molecule has 6 fully saturated rings. The number of carbonyl (C=O) groups is 1. The lowest BCUT2D eigenvalue weighted by atomic mass is 9.65. The third kappa shape index (κ3) is 10.1. The molecule has 0 spiro atoms. The number of nitrogens with two attached hydrogens (primary N) is 2. The van der Waals surface area contributed by atoms with Crippen molar-refractivity contribution in [2.75, 3.05) is 0 Å². The van der Waals surface area contributed by atoms with E-state index >= 15 is 0 Å². The van der Waals surface area contributed by atoms with Crippen molar-refractivity contribution < 1.29 is 45.1 Å². The maximum Gasteiger partial charge on any atom is 0.308 e. The van der Waals surface area contributed by atoms with Crippen molar-refractivity contribution in [2.24, 2.45) is 39.8 Å². The van der Waals surface area contributed by atoms with E-state index in [0.717, 1.165) is 64.2 Å². The van der Waals surface area contributed by atoms with Crippen LogP contribution in [0.15, 0.2) is 10.2 Å². The largest absolute Gasteiger partial charge is 0.481 e. The van der Waals surface area contributed by atoms with Gasteiger partial charge in [-0.2, -0.15) is 47.4 Å². The van der Waals surface area contributed by atoms with E-state index < -0.39 is 91.3 Å². The van der Waals surface area contributed by atoms with Gasteiger partial charge in [0.1, 0.15) is 23.9 Å². The van der Waals surface area contributed by atoms with Crippen LogP contribution in [-0.2, 0) is 38.3 Å². The third-order valence-corrected chi connectivity index (χ3v) is 15.4. The van der Waals surface area contributed by atoms with E-state index in [1.54, 1.807) is 0 Å². The number of carboxylic acid groups (broad SMARTS) is 1. The van der Waals surface area contributed by atoms with Crippen molar-refractivity contribution in [1.29, 1.82) is 0 Å². The summed E-state index contributed by atoms with van der Waals surface area (Å²) in [4.78, 5) is 12.0. The summed E-state index contributed by atoms with van der Waals surface area (Å²) in [7, 11) is -8.79. The summed E-state index contributed by atoms with van der Waals surface area (Å²) in [5, 5.41) is 45.6. The van der Waals surface area contributed by atoms with Crippen LogP contribution in [-0.4, -0.2) is 98.8 Å². The molecule has 6 rings (SSSR count). The summed E-state index contributed by atoms with van der Waals surface area (Å²) >= 11 is 0. The fourth-order valence-electron chi connectivity index (χ4n) is 9.71. The van der Waals surface area contributed by atoms with E-state index in [4.69, 9.17) is 16.5 Å². The quantitative estimate of drug-likeness (QED) is 0.0894. The van der Waals surface area contributed by atoms with Gasteiger partial charge in [-0.1, -0.05) is 51.4 Å². The number of aliphatic hydroxyl groups excluding tert-OH is 1. The maximum atomic E-state index is 13.3. The first-order valence-corrected chi connectivity index (χ1v) is 22.3. The van der Waals surface area contributed by atoms with Crippen LogP contribution in [0.3, 0.4) is 0 Å². The highest BCUT2D eigenvalue weighted by molar-refractivity contribution is 7.87. The van der Waals surface area contributed by atoms with Crippen LogP contribution in [0.2, 0.25) is 0 Å². The van der Waals surface area contributed by atoms with Gasteiger partial charge in [0.25, 0.3) is 20.2 Å². The lowest BCUT2D eigenvalue weighted by Crippen LogP contribution is -2.77. The highest BCUT2D eigenvalue weighted by Crippen LogP contribution is 2.46. The zero-order valence-electron chi connectivity index (χ0n) is 30.1. The standard InChI is InChI=1S/C32H59N9O10S2/c33-50-52(45,46)21-15-18-16-25(53(47,48)51-34)27(41-40-23-14-8-7-13-22(23)29(43)44)28(42)26(18)24(17-21)36-31-37-30(35-19-9-3-1-4-10-19)38-32(39-31)49-20-11-5-2-6-12-20/h18-28,30-32,35-39,42H,1-17,33-34H2,(H,43,44). The lowest BCUT2D eigenvalue weighted by molar-refractivity contribution is -0.143. The average Bonchev–Trinajstić information content (AvgIpc) is 3.15. The van der Waals surface area contributed by atoms with E-state index in [0.29, 0.717) is 12.8 Å². The van der Waals surface area contributed by atoms with Crippen LogP contribution in [0.1, 0.15) is 109 Å². The first-order chi connectivity index (χ1) is 25.4. The summed E-state index contributed by atoms with van der Waals surface area (Å²) in [6.45, 7) is 0. The number of aliphatic carboxylic acids is 1. The average molecular weight is 794 g/mol. The van der Waals surface area contributed by atoms with Gasteiger partial charge >= 0.3 is 5.97 Å². The molecule has 304 valence electrons. The normalized spacial score (nSPS) is 39.8. The van der Waals surface area contributed by atoms with Crippen LogP contribution >= 0.6 is 0 Å².